The number of sulfone groups is 1. The number of nitrogens with zero attached hydrogens (tertiary/aromatic N) is 1. The minimum Gasteiger partial charge on any atom is -0.482 e. The summed E-state index contributed by atoms with van der Waals surface area (Å²) in [6.45, 7) is 5.33. The second-order valence-electron chi connectivity index (χ2n) is 7.57. The molecule has 3 aromatic rings. The topological polar surface area (TPSA) is 111 Å². The molecule has 0 fully saturated rings. The zero-order valence-electron chi connectivity index (χ0n) is 18.1. The van der Waals surface area contributed by atoms with Gasteiger partial charge in [0, 0.05) is 29.8 Å². The lowest BCUT2D eigenvalue weighted by Crippen LogP contribution is -2.14. The van der Waals surface area contributed by atoms with E-state index < -0.39 is 21.8 Å². The number of nitrogens with two attached hydrogens (primary N) is 1. The van der Waals surface area contributed by atoms with E-state index in [4.69, 9.17) is 22.1 Å². The van der Waals surface area contributed by atoms with Crippen LogP contribution < -0.4 is 15.8 Å². The van der Waals surface area contributed by atoms with Crippen LogP contribution in [0.1, 0.15) is 40.1 Å². The number of aromatic nitrogens is 1. The highest BCUT2D eigenvalue weighted by Gasteiger charge is 2.18. The van der Waals surface area contributed by atoms with Gasteiger partial charge in [-0.3, -0.25) is 4.79 Å². The van der Waals surface area contributed by atoms with Crippen molar-refractivity contribution in [2.45, 2.75) is 31.8 Å². The molecule has 0 bridgehead atoms. The average Bonchev–Trinajstić information content (AvgIpc) is 2.71. The molecule has 3 N–H and O–H groups in total. The largest absolute Gasteiger partial charge is 0.482 e. The number of pyridine rings is 1. The second-order valence-corrected chi connectivity index (χ2v) is 9.99. The number of benzene rings is 2. The molecule has 0 radical (unpaired) electrons. The molecule has 1 aromatic heterocycles. The van der Waals surface area contributed by atoms with Crippen LogP contribution in [-0.4, -0.2) is 25.6 Å². The van der Waals surface area contributed by atoms with Gasteiger partial charge < -0.3 is 15.8 Å². The van der Waals surface area contributed by atoms with Crippen molar-refractivity contribution in [1.82, 2.24) is 4.98 Å². The molecule has 1 heterocycles. The van der Waals surface area contributed by atoms with Gasteiger partial charge in [0.1, 0.15) is 6.10 Å². The van der Waals surface area contributed by atoms with Crippen LogP contribution in [0.4, 0.5) is 11.5 Å². The lowest BCUT2D eigenvalue weighted by atomic mass is 10.1. The summed E-state index contributed by atoms with van der Waals surface area (Å²) in [7, 11) is -3.46. The van der Waals surface area contributed by atoms with Gasteiger partial charge in [-0.15, -0.1) is 0 Å². The number of rotatable bonds is 6. The van der Waals surface area contributed by atoms with Gasteiger partial charge in [0.2, 0.25) is 0 Å². The third-order valence-corrected chi connectivity index (χ3v) is 6.48. The number of amides is 1. The normalized spacial score (nSPS) is 12.3. The fourth-order valence-corrected chi connectivity index (χ4v) is 4.41. The van der Waals surface area contributed by atoms with Crippen LogP contribution in [0.5, 0.6) is 5.75 Å². The predicted octanol–water partition coefficient (Wildman–Crippen LogP) is 4.73. The molecule has 0 aliphatic carbocycles. The van der Waals surface area contributed by atoms with Gasteiger partial charge in [-0.1, -0.05) is 23.7 Å². The highest BCUT2D eigenvalue weighted by molar-refractivity contribution is 7.90. The smallest absolute Gasteiger partial charge is 0.255 e. The number of ether oxygens (including phenoxy) is 1. The third-order valence-electron chi connectivity index (χ3n) is 5.05. The molecule has 0 aliphatic rings. The van der Waals surface area contributed by atoms with Gasteiger partial charge in [-0.25, -0.2) is 13.4 Å². The fourth-order valence-electron chi connectivity index (χ4n) is 3.20. The first-order chi connectivity index (χ1) is 15.0. The first-order valence-corrected chi connectivity index (χ1v) is 12.0. The van der Waals surface area contributed by atoms with E-state index in [0.29, 0.717) is 22.0 Å². The van der Waals surface area contributed by atoms with Crippen LogP contribution in [0.25, 0.3) is 0 Å². The van der Waals surface area contributed by atoms with Crippen LogP contribution >= 0.6 is 11.6 Å². The Bertz CT molecular complexity index is 1290. The maximum absolute atomic E-state index is 12.8. The van der Waals surface area contributed by atoms with E-state index in [1.165, 1.54) is 12.3 Å². The van der Waals surface area contributed by atoms with Gasteiger partial charge in [0.05, 0.1) is 9.92 Å². The minimum atomic E-state index is -3.46. The molecule has 0 aliphatic heterocycles. The van der Waals surface area contributed by atoms with E-state index in [-0.39, 0.29) is 16.3 Å². The number of nitrogen functional groups attached to an aromatic ring is 1. The van der Waals surface area contributed by atoms with Crippen LogP contribution in [0.15, 0.2) is 53.6 Å². The zero-order chi connectivity index (χ0) is 23.6. The molecule has 0 saturated heterocycles. The van der Waals surface area contributed by atoms with Crippen LogP contribution in [0.2, 0.25) is 5.02 Å². The summed E-state index contributed by atoms with van der Waals surface area (Å²) in [5.74, 6) is 0.178. The molecule has 1 unspecified atom stereocenters. The minimum absolute atomic E-state index is 0.145. The summed E-state index contributed by atoms with van der Waals surface area (Å²) >= 11 is 5.96. The molecular formula is C23H24ClN3O4S. The Morgan fingerprint density at radius 1 is 1.19 bits per heavy atom. The molecular weight excluding hydrogens is 450 g/mol. The first kappa shape index (κ1) is 23.6. The molecule has 0 saturated carbocycles. The van der Waals surface area contributed by atoms with Crippen LogP contribution in [0.3, 0.4) is 0 Å². The van der Waals surface area contributed by atoms with Crippen molar-refractivity contribution in [3.63, 3.8) is 0 Å². The number of nitrogens with one attached hydrogen (secondary N) is 1. The Balaban J connectivity index is 1.82. The molecule has 168 valence electrons. The summed E-state index contributed by atoms with van der Waals surface area (Å²) in [6, 6.07) is 11.8. The van der Waals surface area contributed by atoms with E-state index in [0.717, 1.165) is 17.4 Å². The standard InChI is InChI=1S/C23H24ClN3O4S/c1-13-8-17(10-21(14(13)2)32(4,29)30)23(28)27-19-7-5-6-16(9-19)15(3)31-20-11-18(24)12-26-22(20)25/h5-12,15H,1-4H3,(H2,25,26)(H,27,28). The van der Waals surface area contributed by atoms with Crippen molar-refractivity contribution in [1.29, 1.82) is 0 Å². The summed E-state index contributed by atoms with van der Waals surface area (Å²) < 4.78 is 30.1. The Labute approximate surface area is 192 Å². The number of anilines is 2. The number of carbonyl (C=O) groups excluding carboxylic acids is 1. The number of halogens is 1. The van der Waals surface area contributed by atoms with Gasteiger partial charge in [0.15, 0.2) is 21.4 Å². The van der Waals surface area contributed by atoms with Crippen LogP contribution in [-0.2, 0) is 9.84 Å². The number of carbonyl (C=O) groups is 1. The van der Waals surface area contributed by atoms with Crippen LogP contribution in [0, 0.1) is 13.8 Å². The van der Waals surface area contributed by atoms with E-state index >= 15 is 0 Å². The number of hydrogen-bond donors (Lipinski definition) is 2. The Morgan fingerprint density at radius 2 is 1.91 bits per heavy atom. The maximum atomic E-state index is 12.8. The van der Waals surface area contributed by atoms with Crippen molar-refractivity contribution in [2.75, 3.05) is 17.3 Å². The first-order valence-electron chi connectivity index (χ1n) is 9.76. The van der Waals surface area contributed by atoms with Crippen molar-refractivity contribution in [3.05, 3.63) is 75.9 Å². The van der Waals surface area contributed by atoms with E-state index in [2.05, 4.69) is 10.3 Å². The molecule has 1 atom stereocenters. The molecule has 7 nitrogen and oxygen atoms in total. The quantitative estimate of drug-likeness (QED) is 0.535. The molecule has 9 heteroatoms. The molecule has 32 heavy (non-hydrogen) atoms. The Kier molecular flexibility index (Phi) is 6.76. The summed E-state index contributed by atoms with van der Waals surface area (Å²) in [5, 5.41) is 3.22. The number of aryl methyl sites for hydroxylation is 1. The second kappa shape index (κ2) is 9.18. The van der Waals surface area contributed by atoms with Crippen molar-refractivity contribution < 1.29 is 17.9 Å². The van der Waals surface area contributed by atoms with Gasteiger partial charge in [-0.05, 0) is 61.7 Å². The van der Waals surface area contributed by atoms with Crippen molar-refractivity contribution in [2.24, 2.45) is 0 Å². The van der Waals surface area contributed by atoms with Crippen molar-refractivity contribution in [3.8, 4) is 5.75 Å². The van der Waals surface area contributed by atoms with E-state index in [1.54, 1.807) is 44.2 Å². The molecule has 3 rings (SSSR count). The predicted molar refractivity (Wildman–Crippen MR) is 126 cm³/mol. The lowest BCUT2D eigenvalue weighted by Gasteiger charge is -2.17. The summed E-state index contributed by atoms with van der Waals surface area (Å²) in [5.41, 5.74) is 8.80. The molecule has 1 amide bonds. The molecule has 0 spiro atoms. The fraction of sp³-hybridized carbons (Fsp3) is 0.217. The average molecular weight is 474 g/mol. The Hall–Kier alpha value is -3.10. The highest BCUT2D eigenvalue weighted by Crippen LogP contribution is 2.29. The number of hydrogen-bond acceptors (Lipinski definition) is 6. The van der Waals surface area contributed by atoms with Gasteiger partial charge in [0.25, 0.3) is 5.91 Å². The van der Waals surface area contributed by atoms with Gasteiger partial charge in [-0.2, -0.15) is 0 Å². The van der Waals surface area contributed by atoms with Crippen molar-refractivity contribution >= 4 is 38.9 Å². The Morgan fingerprint density at radius 3 is 2.59 bits per heavy atom. The monoisotopic (exact) mass is 473 g/mol. The SMILES string of the molecule is Cc1cc(C(=O)Nc2cccc(C(C)Oc3cc(Cl)cnc3N)c2)cc(S(C)(=O)=O)c1C. The van der Waals surface area contributed by atoms with E-state index in [9.17, 15) is 13.2 Å². The zero-order valence-corrected chi connectivity index (χ0v) is 19.7. The lowest BCUT2D eigenvalue weighted by molar-refractivity contribution is 0.102. The maximum Gasteiger partial charge on any atom is 0.255 e. The van der Waals surface area contributed by atoms with Gasteiger partial charge >= 0.3 is 0 Å². The highest BCUT2D eigenvalue weighted by atomic mass is 35.5. The third kappa shape index (κ3) is 5.38. The summed E-state index contributed by atoms with van der Waals surface area (Å²) in [4.78, 5) is 17.0. The van der Waals surface area contributed by atoms with E-state index in [1.807, 2.05) is 13.0 Å². The molecule has 2 aromatic carbocycles. The summed E-state index contributed by atoms with van der Waals surface area (Å²) in [6.07, 6.45) is 2.17.